The Morgan fingerprint density at radius 1 is 1.22 bits per heavy atom. The van der Waals surface area contributed by atoms with Crippen molar-refractivity contribution in [3.8, 4) is 0 Å². The third-order valence-electron chi connectivity index (χ3n) is 3.84. The van der Waals surface area contributed by atoms with Gasteiger partial charge in [-0.25, -0.2) is 0 Å². The van der Waals surface area contributed by atoms with Crippen LogP contribution in [-0.4, -0.2) is 30.1 Å². The highest BCUT2D eigenvalue weighted by molar-refractivity contribution is 5.14. The molecule has 1 unspecified atom stereocenters. The Bertz CT molecular complexity index is 332. The average molecular weight is 246 g/mol. The lowest BCUT2D eigenvalue weighted by Gasteiger charge is -2.30. The molecule has 2 nitrogen and oxygen atoms in total. The molecule has 18 heavy (non-hydrogen) atoms. The Morgan fingerprint density at radius 3 is 2.50 bits per heavy atom. The third-order valence-corrected chi connectivity index (χ3v) is 3.84. The molecule has 0 saturated heterocycles. The fraction of sp³-hybridized carbons (Fsp3) is 0.625. The summed E-state index contributed by atoms with van der Waals surface area (Å²) in [6.45, 7) is 7.90. The summed E-state index contributed by atoms with van der Waals surface area (Å²) in [7, 11) is 0. The molecule has 2 heteroatoms. The molecule has 0 aliphatic heterocycles. The number of hydrogen-bond acceptors (Lipinski definition) is 2. The molecule has 0 aromatic heterocycles. The Kier molecular flexibility index (Phi) is 5.21. The van der Waals surface area contributed by atoms with Crippen LogP contribution in [0, 0.1) is 0 Å². The van der Waals surface area contributed by atoms with E-state index in [2.05, 4.69) is 54.4 Å². The van der Waals surface area contributed by atoms with Gasteiger partial charge in [0, 0.05) is 25.2 Å². The van der Waals surface area contributed by atoms with Crippen LogP contribution in [0.4, 0.5) is 0 Å². The highest BCUT2D eigenvalue weighted by Crippen LogP contribution is 2.19. The summed E-state index contributed by atoms with van der Waals surface area (Å²) in [4.78, 5) is 2.59. The van der Waals surface area contributed by atoms with Crippen molar-refractivity contribution >= 4 is 0 Å². The Hall–Kier alpha value is -0.860. The summed E-state index contributed by atoms with van der Waals surface area (Å²) in [5, 5.41) is 3.67. The minimum atomic E-state index is 0.663. The SMILES string of the molecule is CCC(CNC1CC1)N(CC)Cc1ccccc1. The molecule has 1 saturated carbocycles. The first-order valence-electron chi connectivity index (χ1n) is 7.34. The van der Waals surface area contributed by atoms with Crippen LogP contribution in [-0.2, 0) is 6.54 Å². The number of hydrogen-bond donors (Lipinski definition) is 1. The van der Waals surface area contributed by atoms with Crippen molar-refractivity contribution in [1.29, 1.82) is 0 Å². The second-order valence-electron chi connectivity index (χ2n) is 5.29. The largest absolute Gasteiger partial charge is 0.312 e. The first-order valence-corrected chi connectivity index (χ1v) is 7.34. The van der Waals surface area contributed by atoms with Crippen molar-refractivity contribution in [2.45, 2.75) is 51.7 Å². The van der Waals surface area contributed by atoms with Crippen molar-refractivity contribution in [2.75, 3.05) is 13.1 Å². The molecule has 100 valence electrons. The lowest BCUT2D eigenvalue weighted by Crippen LogP contribution is -2.42. The van der Waals surface area contributed by atoms with E-state index in [1.54, 1.807) is 0 Å². The van der Waals surface area contributed by atoms with Gasteiger partial charge in [-0.15, -0.1) is 0 Å². The van der Waals surface area contributed by atoms with E-state index in [0.717, 1.165) is 25.7 Å². The van der Waals surface area contributed by atoms with E-state index in [1.165, 1.54) is 24.8 Å². The van der Waals surface area contributed by atoms with E-state index in [-0.39, 0.29) is 0 Å². The average Bonchev–Trinajstić information content (AvgIpc) is 3.23. The maximum absolute atomic E-state index is 3.67. The number of nitrogens with zero attached hydrogens (tertiary/aromatic N) is 1. The molecule has 1 aliphatic carbocycles. The van der Waals surface area contributed by atoms with Crippen molar-refractivity contribution in [3.05, 3.63) is 35.9 Å². The van der Waals surface area contributed by atoms with Gasteiger partial charge in [-0.05, 0) is 31.4 Å². The molecule has 2 rings (SSSR count). The quantitative estimate of drug-likeness (QED) is 0.758. The van der Waals surface area contributed by atoms with Crippen LogP contribution < -0.4 is 5.32 Å². The molecule has 1 N–H and O–H groups in total. The lowest BCUT2D eigenvalue weighted by atomic mass is 10.1. The van der Waals surface area contributed by atoms with Gasteiger partial charge in [0.05, 0.1) is 0 Å². The molecule has 0 spiro atoms. The molecule has 0 radical (unpaired) electrons. The number of likely N-dealkylation sites (N-methyl/N-ethyl adjacent to an activating group) is 1. The molecule has 1 aromatic rings. The summed E-state index contributed by atoms with van der Waals surface area (Å²) >= 11 is 0. The normalized spacial score (nSPS) is 17.1. The highest BCUT2D eigenvalue weighted by atomic mass is 15.2. The number of benzene rings is 1. The van der Waals surface area contributed by atoms with Gasteiger partial charge in [0.15, 0.2) is 0 Å². The van der Waals surface area contributed by atoms with Gasteiger partial charge in [-0.2, -0.15) is 0 Å². The van der Waals surface area contributed by atoms with Crippen molar-refractivity contribution in [1.82, 2.24) is 10.2 Å². The monoisotopic (exact) mass is 246 g/mol. The van der Waals surface area contributed by atoms with Crippen molar-refractivity contribution in [3.63, 3.8) is 0 Å². The Balaban J connectivity index is 1.87. The van der Waals surface area contributed by atoms with Gasteiger partial charge in [-0.3, -0.25) is 4.90 Å². The number of nitrogens with one attached hydrogen (secondary N) is 1. The zero-order chi connectivity index (χ0) is 12.8. The van der Waals surface area contributed by atoms with Crippen LogP contribution >= 0.6 is 0 Å². The van der Waals surface area contributed by atoms with Crippen molar-refractivity contribution < 1.29 is 0 Å². The smallest absolute Gasteiger partial charge is 0.0237 e. The van der Waals surface area contributed by atoms with Crippen molar-refractivity contribution in [2.24, 2.45) is 0 Å². The maximum atomic E-state index is 3.67. The van der Waals surface area contributed by atoms with Crippen LogP contribution in [0.25, 0.3) is 0 Å². The van der Waals surface area contributed by atoms with E-state index >= 15 is 0 Å². The van der Waals surface area contributed by atoms with Crippen LogP contribution in [0.1, 0.15) is 38.7 Å². The zero-order valence-corrected chi connectivity index (χ0v) is 11.7. The summed E-state index contributed by atoms with van der Waals surface area (Å²) < 4.78 is 0. The van der Waals surface area contributed by atoms with Gasteiger partial charge in [0.1, 0.15) is 0 Å². The molecule has 1 aromatic carbocycles. The summed E-state index contributed by atoms with van der Waals surface area (Å²) in [6.07, 6.45) is 3.98. The van der Waals surface area contributed by atoms with Gasteiger partial charge in [-0.1, -0.05) is 44.2 Å². The lowest BCUT2D eigenvalue weighted by molar-refractivity contribution is 0.187. The van der Waals surface area contributed by atoms with Gasteiger partial charge < -0.3 is 5.32 Å². The zero-order valence-electron chi connectivity index (χ0n) is 11.7. The second kappa shape index (κ2) is 6.91. The van der Waals surface area contributed by atoms with Crippen LogP contribution in [0.2, 0.25) is 0 Å². The fourth-order valence-electron chi connectivity index (χ4n) is 2.44. The molecule has 0 bridgehead atoms. The molecule has 0 amide bonds. The first-order chi connectivity index (χ1) is 8.83. The minimum absolute atomic E-state index is 0.663. The first kappa shape index (κ1) is 13.6. The maximum Gasteiger partial charge on any atom is 0.0237 e. The fourth-order valence-corrected chi connectivity index (χ4v) is 2.44. The highest BCUT2D eigenvalue weighted by Gasteiger charge is 2.23. The number of rotatable bonds is 8. The van der Waals surface area contributed by atoms with E-state index in [9.17, 15) is 0 Å². The summed E-state index contributed by atoms with van der Waals surface area (Å²) in [6, 6.07) is 12.3. The summed E-state index contributed by atoms with van der Waals surface area (Å²) in [5.74, 6) is 0. The Labute approximate surface area is 111 Å². The minimum Gasteiger partial charge on any atom is -0.312 e. The van der Waals surface area contributed by atoms with E-state index < -0.39 is 0 Å². The van der Waals surface area contributed by atoms with Crippen LogP contribution in [0.15, 0.2) is 30.3 Å². The second-order valence-corrected chi connectivity index (χ2v) is 5.29. The molecule has 1 fully saturated rings. The van der Waals surface area contributed by atoms with E-state index in [0.29, 0.717) is 6.04 Å². The Morgan fingerprint density at radius 2 is 1.94 bits per heavy atom. The van der Waals surface area contributed by atoms with E-state index in [4.69, 9.17) is 0 Å². The van der Waals surface area contributed by atoms with Gasteiger partial charge in [0.2, 0.25) is 0 Å². The molecule has 1 atom stereocenters. The van der Waals surface area contributed by atoms with Crippen LogP contribution in [0.3, 0.4) is 0 Å². The molecular weight excluding hydrogens is 220 g/mol. The van der Waals surface area contributed by atoms with Gasteiger partial charge in [0.25, 0.3) is 0 Å². The third kappa shape index (κ3) is 4.11. The predicted molar refractivity (Wildman–Crippen MR) is 77.6 cm³/mol. The summed E-state index contributed by atoms with van der Waals surface area (Å²) in [5.41, 5.74) is 1.42. The molecular formula is C16H26N2. The van der Waals surface area contributed by atoms with Gasteiger partial charge >= 0.3 is 0 Å². The standard InChI is InChI=1S/C16H26N2/c1-3-16(12-17-15-10-11-15)18(4-2)13-14-8-6-5-7-9-14/h5-9,15-17H,3-4,10-13H2,1-2H3. The molecule has 1 aliphatic rings. The topological polar surface area (TPSA) is 15.3 Å². The molecule has 0 heterocycles. The van der Waals surface area contributed by atoms with Crippen LogP contribution in [0.5, 0.6) is 0 Å². The predicted octanol–water partition coefficient (Wildman–Crippen LogP) is 3.04. The van der Waals surface area contributed by atoms with E-state index in [1.807, 2.05) is 0 Å².